The molecule has 0 bridgehead atoms. The Bertz CT molecular complexity index is 791. The van der Waals surface area contributed by atoms with Gasteiger partial charge in [-0.05, 0) is 53.9 Å². The van der Waals surface area contributed by atoms with Crippen molar-refractivity contribution in [1.82, 2.24) is 5.32 Å². The van der Waals surface area contributed by atoms with Gasteiger partial charge in [0.15, 0.2) is 0 Å². The summed E-state index contributed by atoms with van der Waals surface area (Å²) in [6, 6.07) is 10.6. The van der Waals surface area contributed by atoms with Gasteiger partial charge in [-0.2, -0.15) is 13.2 Å². The van der Waals surface area contributed by atoms with E-state index in [0.29, 0.717) is 5.56 Å². The Kier molecular flexibility index (Phi) is 5.99. The molecule has 0 saturated carbocycles. The fourth-order valence-corrected chi connectivity index (χ4v) is 2.68. The van der Waals surface area contributed by atoms with Crippen molar-refractivity contribution in [3.05, 3.63) is 64.7 Å². The lowest BCUT2D eigenvalue weighted by Crippen LogP contribution is -2.28. The molecule has 2 aromatic carbocycles. The van der Waals surface area contributed by atoms with Gasteiger partial charge in [-0.15, -0.1) is 12.4 Å². The highest BCUT2D eigenvalue weighted by molar-refractivity contribution is 5.85. The molecule has 2 aromatic rings. The van der Waals surface area contributed by atoms with E-state index in [1.165, 1.54) is 17.7 Å². The van der Waals surface area contributed by atoms with Crippen LogP contribution in [0.3, 0.4) is 0 Å². The highest BCUT2D eigenvalue weighted by Crippen LogP contribution is 2.29. The lowest BCUT2D eigenvalue weighted by molar-refractivity contribution is -0.137. The van der Waals surface area contributed by atoms with Crippen LogP contribution < -0.4 is 10.1 Å². The first-order chi connectivity index (χ1) is 11.5. The predicted molar refractivity (Wildman–Crippen MR) is 93.0 cm³/mol. The summed E-state index contributed by atoms with van der Waals surface area (Å²) in [4.78, 5) is 0. The molecule has 1 unspecified atom stereocenters. The minimum Gasteiger partial charge on any atom is -0.497 e. The molecule has 0 spiro atoms. The Morgan fingerprint density at radius 2 is 1.84 bits per heavy atom. The van der Waals surface area contributed by atoms with Gasteiger partial charge in [0.05, 0.1) is 18.7 Å². The van der Waals surface area contributed by atoms with Gasteiger partial charge in [0, 0.05) is 12.1 Å². The molecule has 1 heterocycles. The van der Waals surface area contributed by atoms with Crippen molar-refractivity contribution in [3.63, 3.8) is 0 Å². The minimum atomic E-state index is -4.33. The largest absolute Gasteiger partial charge is 0.497 e. The normalized spacial score (nSPS) is 16.1. The Hall–Kier alpha value is -2.16. The van der Waals surface area contributed by atoms with Crippen LogP contribution in [0.2, 0.25) is 0 Å². The van der Waals surface area contributed by atoms with Crippen molar-refractivity contribution in [3.8, 4) is 17.6 Å². The van der Waals surface area contributed by atoms with Gasteiger partial charge in [-0.3, -0.25) is 5.32 Å². The number of ether oxygens (including phenoxy) is 1. The maximum absolute atomic E-state index is 12.6. The fourth-order valence-electron chi connectivity index (χ4n) is 2.68. The predicted octanol–water partition coefficient (Wildman–Crippen LogP) is 4.37. The van der Waals surface area contributed by atoms with Crippen LogP contribution in [0.25, 0.3) is 0 Å². The summed E-state index contributed by atoms with van der Waals surface area (Å²) in [5.41, 5.74) is 2.15. The third-order valence-electron chi connectivity index (χ3n) is 3.98. The monoisotopic (exact) mass is 367 g/mol. The lowest BCUT2D eigenvalue weighted by Gasteiger charge is -2.23. The van der Waals surface area contributed by atoms with Crippen LogP contribution in [0, 0.1) is 11.8 Å². The maximum atomic E-state index is 12.6. The molecule has 1 aliphatic heterocycles. The number of methoxy groups -OCH3 is 1. The summed E-state index contributed by atoms with van der Waals surface area (Å²) in [6.45, 7) is 0.811. The van der Waals surface area contributed by atoms with Gasteiger partial charge in [0.1, 0.15) is 5.75 Å². The van der Waals surface area contributed by atoms with E-state index in [9.17, 15) is 13.2 Å². The van der Waals surface area contributed by atoms with Crippen LogP contribution in [0.1, 0.15) is 28.3 Å². The molecule has 1 N–H and O–H groups in total. The van der Waals surface area contributed by atoms with E-state index in [4.69, 9.17) is 4.74 Å². The summed E-state index contributed by atoms with van der Waals surface area (Å²) in [5.74, 6) is 6.82. The number of rotatable bonds is 1. The highest BCUT2D eigenvalue weighted by Gasteiger charge is 2.29. The Morgan fingerprint density at radius 1 is 1.12 bits per heavy atom. The van der Waals surface area contributed by atoms with E-state index in [2.05, 4.69) is 17.2 Å². The van der Waals surface area contributed by atoms with E-state index >= 15 is 0 Å². The van der Waals surface area contributed by atoms with Crippen molar-refractivity contribution >= 4 is 12.4 Å². The number of hydrogen-bond acceptors (Lipinski definition) is 2. The first-order valence-corrected chi connectivity index (χ1v) is 7.56. The summed E-state index contributed by atoms with van der Waals surface area (Å²) in [6.07, 6.45) is -3.41. The Labute approximate surface area is 150 Å². The molecule has 132 valence electrons. The van der Waals surface area contributed by atoms with E-state index in [-0.39, 0.29) is 18.4 Å². The summed E-state index contributed by atoms with van der Waals surface area (Å²) in [5, 5.41) is 3.32. The molecule has 1 aliphatic rings. The summed E-state index contributed by atoms with van der Waals surface area (Å²) in [7, 11) is 1.61. The minimum absolute atomic E-state index is 0. The molecule has 0 radical (unpaired) electrons. The van der Waals surface area contributed by atoms with Crippen molar-refractivity contribution < 1.29 is 17.9 Å². The van der Waals surface area contributed by atoms with Crippen molar-refractivity contribution in [1.29, 1.82) is 0 Å². The van der Waals surface area contributed by atoms with Crippen LogP contribution in [-0.2, 0) is 12.6 Å². The molecule has 0 fully saturated rings. The molecule has 25 heavy (non-hydrogen) atoms. The Balaban J connectivity index is 0.00000225. The average molecular weight is 368 g/mol. The molecule has 0 saturated heterocycles. The molecular weight excluding hydrogens is 351 g/mol. The first kappa shape index (κ1) is 19.2. The number of nitrogens with one attached hydrogen (secondary N) is 1. The molecule has 1 atom stereocenters. The van der Waals surface area contributed by atoms with Crippen LogP contribution in [-0.4, -0.2) is 13.7 Å². The topological polar surface area (TPSA) is 21.3 Å². The van der Waals surface area contributed by atoms with E-state index in [0.717, 1.165) is 36.4 Å². The molecular formula is C19H17ClF3NO. The quantitative estimate of drug-likeness (QED) is 0.755. The van der Waals surface area contributed by atoms with E-state index < -0.39 is 11.7 Å². The van der Waals surface area contributed by atoms with Crippen LogP contribution in [0.4, 0.5) is 13.2 Å². The lowest BCUT2D eigenvalue weighted by atomic mass is 9.94. The van der Waals surface area contributed by atoms with Gasteiger partial charge in [-0.1, -0.05) is 17.9 Å². The standard InChI is InChI=1S/C19H16F3NO.ClH/c1-24-16-8-5-14-10-11-23-18(17(14)12-16)9-4-13-2-6-15(7-3-13)19(20,21)22;/h2-3,5-8,12,18,23H,10-11H2,1H3;1H. The van der Waals surface area contributed by atoms with Gasteiger partial charge < -0.3 is 4.74 Å². The fraction of sp³-hybridized carbons (Fsp3) is 0.263. The zero-order valence-electron chi connectivity index (χ0n) is 13.5. The molecule has 6 heteroatoms. The summed E-state index contributed by atoms with van der Waals surface area (Å²) >= 11 is 0. The molecule has 3 rings (SSSR count). The van der Waals surface area contributed by atoms with Gasteiger partial charge in [0.2, 0.25) is 0 Å². The van der Waals surface area contributed by atoms with Crippen LogP contribution >= 0.6 is 12.4 Å². The second-order valence-corrected chi connectivity index (χ2v) is 5.55. The third kappa shape index (κ3) is 4.47. The maximum Gasteiger partial charge on any atom is 0.416 e. The number of halogens is 4. The first-order valence-electron chi connectivity index (χ1n) is 7.56. The van der Waals surface area contributed by atoms with Gasteiger partial charge in [-0.25, -0.2) is 0 Å². The second kappa shape index (κ2) is 7.81. The molecule has 2 nitrogen and oxygen atoms in total. The van der Waals surface area contributed by atoms with Crippen molar-refractivity contribution in [2.75, 3.05) is 13.7 Å². The SMILES string of the molecule is COc1ccc2c(c1)C(C#Cc1ccc(C(F)(F)F)cc1)NCC2.Cl. The smallest absolute Gasteiger partial charge is 0.416 e. The van der Waals surface area contributed by atoms with Crippen molar-refractivity contribution in [2.45, 2.75) is 18.6 Å². The van der Waals surface area contributed by atoms with E-state index in [1.807, 2.05) is 18.2 Å². The number of alkyl halides is 3. The van der Waals surface area contributed by atoms with Crippen molar-refractivity contribution in [2.24, 2.45) is 0 Å². The molecule has 0 aromatic heterocycles. The highest BCUT2D eigenvalue weighted by atomic mass is 35.5. The van der Waals surface area contributed by atoms with E-state index in [1.54, 1.807) is 7.11 Å². The molecule has 0 amide bonds. The number of benzene rings is 2. The van der Waals surface area contributed by atoms with Crippen LogP contribution in [0.5, 0.6) is 5.75 Å². The van der Waals surface area contributed by atoms with Crippen LogP contribution in [0.15, 0.2) is 42.5 Å². The molecule has 0 aliphatic carbocycles. The third-order valence-corrected chi connectivity index (χ3v) is 3.98. The second-order valence-electron chi connectivity index (χ2n) is 5.55. The summed E-state index contributed by atoms with van der Waals surface area (Å²) < 4.78 is 43.0. The van der Waals surface area contributed by atoms with Gasteiger partial charge in [0.25, 0.3) is 0 Å². The zero-order valence-corrected chi connectivity index (χ0v) is 14.3. The Morgan fingerprint density at radius 3 is 2.48 bits per heavy atom. The van der Waals surface area contributed by atoms with Gasteiger partial charge >= 0.3 is 6.18 Å². The average Bonchev–Trinajstić information content (AvgIpc) is 2.59. The zero-order chi connectivity index (χ0) is 17.2. The number of hydrogen-bond donors (Lipinski definition) is 1. The number of fused-ring (bicyclic) bond motifs is 1.